The van der Waals surface area contributed by atoms with E-state index in [1.807, 2.05) is 26.5 Å². The van der Waals surface area contributed by atoms with Crippen molar-refractivity contribution in [3.63, 3.8) is 0 Å². The molecule has 0 aliphatic carbocycles. The van der Waals surface area contributed by atoms with E-state index < -0.39 is 0 Å². The van der Waals surface area contributed by atoms with Crippen LogP contribution in [0.4, 0.5) is 5.69 Å². The minimum atomic E-state index is 1.11. The normalized spacial score (nSPS) is 10.3. The maximum Gasteiger partial charge on any atom is 0.0801 e. The molecule has 2 nitrogen and oxygen atoms in total. The van der Waals surface area contributed by atoms with Gasteiger partial charge < -0.3 is 4.90 Å². The van der Waals surface area contributed by atoms with E-state index in [1.165, 1.54) is 16.1 Å². The minimum Gasteiger partial charge on any atom is -0.378 e. The molecule has 2 rings (SSSR count). The molecule has 15 heavy (non-hydrogen) atoms. The SMILES string of the molecule is Cc1ncsc1-c1ccc(N(C)C)cc1. The number of nitrogens with zero attached hydrogens (tertiary/aromatic N) is 2. The summed E-state index contributed by atoms with van der Waals surface area (Å²) in [6.07, 6.45) is 0. The average Bonchev–Trinajstić information content (AvgIpc) is 2.65. The quantitative estimate of drug-likeness (QED) is 0.769. The van der Waals surface area contributed by atoms with Crippen molar-refractivity contribution < 1.29 is 0 Å². The van der Waals surface area contributed by atoms with Crippen molar-refractivity contribution >= 4 is 17.0 Å². The summed E-state index contributed by atoms with van der Waals surface area (Å²) in [6.45, 7) is 2.05. The van der Waals surface area contributed by atoms with Gasteiger partial charge in [-0.3, -0.25) is 0 Å². The zero-order valence-corrected chi connectivity index (χ0v) is 10.0. The summed E-state index contributed by atoms with van der Waals surface area (Å²) in [5, 5.41) is 0. The second-order valence-corrected chi connectivity index (χ2v) is 4.56. The Bertz CT molecular complexity index is 443. The Hall–Kier alpha value is -1.35. The first-order valence-electron chi connectivity index (χ1n) is 4.86. The van der Waals surface area contributed by atoms with Crippen molar-refractivity contribution in [3.8, 4) is 10.4 Å². The lowest BCUT2D eigenvalue weighted by Crippen LogP contribution is -2.07. The fourth-order valence-corrected chi connectivity index (χ4v) is 2.30. The van der Waals surface area contributed by atoms with Crippen molar-refractivity contribution in [1.29, 1.82) is 0 Å². The van der Waals surface area contributed by atoms with Gasteiger partial charge >= 0.3 is 0 Å². The van der Waals surface area contributed by atoms with E-state index in [0.29, 0.717) is 0 Å². The third kappa shape index (κ3) is 2.02. The highest BCUT2D eigenvalue weighted by molar-refractivity contribution is 7.13. The predicted molar refractivity (Wildman–Crippen MR) is 66.6 cm³/mol. The molecule has 0 saturated carbocycles. The standard InChI is InChI=1S/C12H14N2S/c1-9-12(15-8-13-9)10-4-6-11(7-5-10)14(2)3/h4-8H,1-3H3. The van der Waals surface area contributed by atoms with Gasteiger partial charge in [-0.2, -0.15) is 0 Å². The molecule has 1 aromatic carbocycles. The molecule has 1 aromatic heterocycles. The lowest BCUT2D eigenvalue weighted by Gasteiger charge is -2.12. The molecule has 0 amide bonds. The Labute approximate surface area is 94.2 Å². The molecule has 0 unspecified atom stereocenters. The number of aryl methyl sites for hydroxylation is 1. The summed E-state index contributed by atoms with van der Waals surface area (Å²) in [5.74, 6) is 0. The highest BCUT2D eigenvalue weighted by Crippen LogP contribution is 2.28. The molecule has 0 saturated heterocycles. The number of anilines is 1. The third-order valence-corrected chi connectivity index (χ3v) is 3.37. The van der Waals surface area contributed by atoms with Gasteiger partial charge in [0, 0.05) is 19.8 Å². The number of benzene rings is 1. The first-order chi connectivity index (χ1) is 7.18. The average molecular weight is 218 g/mol. The molecule has 0 aliphatic heterocycles. The van der Waals surface area contributed by atoms with Crippen molar-refractivity contribution in [2.75, 3.05) is 19.0 Å². The largest absolute Gasteiger partial charge is 0.378 e. The summed E-state index contributed by atoms with van der Waals surface area (Å²) in [5.41, 5.74) is 5.48. The van der Waals surface area contributed by atoms with Crippen LogP contribution in [-0.4, -0.2) is 19.1 Å². The summed E-state index contributed by atoms with van der Waals surface area (Å²) in [4.78, 5) is 7.62. The maximum absolute atomic E-state index is 4.26. The zero-order valence-electron chi connectivity index (χ0n) is 9.19. The fraction of sp³-hybridized carbons (Fsp3) is 0.250. The van der Waals surface area contributed by atoms with Gasteiger partial charge in [0.1, 0.15) is 0 Å². The van der Waals surface area contributed by atoms with Crippen molar-refractivity contribution in [3.05, 3.63) is 35.5 Å². The molecule has 0 spiro atoms. The van der Waals surface area contributed by atoms with Gasteiger partial charge in [0.05, 0.1) is 16.1 Å². The number of hydrogen-bond acceptors (Lipinski definition) is 3. The molecular formula is C12H14N2S. The van der Waals surface area contributed by atoms with Gasteiger partial charge in [-0.1, -0.05) is 12.1 Å². The van der Waals surface area contributed by atoms with Crippen LogP contribution in [0.2, 0.25) is 0 Å². The van der Waals surface area contributed by atoms with Gasteiger partial charge in [0.2, 0.25) is 0 Å². The van der Waals surface area contributed by atoms with E-state index in [9.17, 15) is 0 Å². The highest BCUT2D eigenvalue weighted by Gasteiger charge is 2.04. The van der Waals surface area contributed by atoms with Crippen LogP contribution >= 0.6 is 11.3 Å². The van der Waals surface area contributed by atoms with Gasteiger partial charge in [0.25, 0.3) is 0 Å². The minimum absolute atomic E-state index is 1.11. The molecule has 0 bridgehead atoms. The van der Waals surface area contributed by atoms with Gasteiger partial charge in [0.15, 0.2) is 0 Å². The topological polar surface area (TPSA) is 16.1 Å². The molecule has 0 aliphatic rings. The fourth-order valence-electron chi connectivity index (χ4n) is 1.49. The molecular weight excluding hydrogens is 204 g/mol. The van der Waals surface area contributed by atoms with Crippen LogP contribution in [0.15, 0.2) is 29.8 Å². The van der Waals surface area contributed by atoms with Gasteiger partial charge in [-0.25, -0.2) is 4.98 Å². The number of aromatic nitrogens is 1. The Morgan fingerprint density at radius 1 is 1.13 bits per heavy atom. The molecule has 2 aromatic rings. The van der Waals surface area contributed by atoms with Gasteiger partial charge in [-0.15, -0.1) is 11.3 Å². The molecule has 78 valence electrons. The van der Waals surface area contributed by atoms with E-state index in [4.69, 9.17) is 0 Å². The third-order valence-electron chi connectivity index (χ3n) is 2.39. The van der Waals surface area contributed by atoms with E-state index in [0.717, 1.165) is 5.69 Å². The number of thiazole rings is 1. The summed E-state index contributed by atoms with van der Waals surface area (Å²) in [7, 11) is 4.10. The van der Waals surface area contributed by atoms with Crippen molar-refractivity contribution in [2.45, 2.75) is 6.92 Å². The van der Waals surface area contributed by atoms with Crippen molar-refractivity contribution in [1.82, 2.24) is 4.98 Å². The maximum atomic E-state index is 4.26. The van der Waals surface area contributed by atoms with Crippen LogP contribution in [0.5, 0.6) is 0 Å². The first kappa shape index (κ1) is 10.2. The predicted octanol–water partition coefficient (Wildman–Crippen LogP) is 3.18. The number of hydrogen-bond donors (Lipinski definition) is 0. The highest BCUT2D eigenvalue weighted by atomic mass is 32.1. The Kier molecular flexibility index (Phi) is 2.73. The monoisotopic (exact) mass is 218 g/mol. The second-order valence-electron chi connectivity index (χ2n) is 3.71. The summed E-state index contributed by atoms with van der Waals surface area (Å²) >= 11 is 1.69. The van der Waals surface area contributed by atoms with Crippen LogP contribution in [0.25, 0.3) is 10.4 Å². The van der Waals surface area contributed by atoms with E-state index in [1.54, 1.807) is 11.3 Å². The van der Waals surface area contributed by atoms with E-state index in [-0.39, 0.29) is 0 Å². The lowest BCUT2D eigenvalue weighted by molar-refractivity contribution is 1.13. The first-order valence-corrected chi connectivity index (χ1v) is 5.74. The van der Waals surface area contributed by atoms with Gasteiger partial charge in [-0.05, 0) is 24.6 Å². The van der Waals surface area contributed by atoms with Crippen LogP contribution in [-0.2, 0) is 0 Å². The molecule has 0 radical (unpaired) electrons. The lowest BCUT2D eigenvalue weighted by atomic mass is 10.1. The van der Waals surface area contributed by atoms with Crippen LogP contribution in [0, 0.1) is 6.92 Å². The molecule has 0 atom stereocenters. The van der Waals surface area contributed by atoms with E-state index in [2.05, 4.69) is 34.1 Å². The van der Waals surface area contributed by atoms with Crippen LogP contribution in [0.3, 0.4) is 0 Å². The van der Waals surface area contributed by atoms with Crippen LogP contribution in [0.1, 0.15) is 5.69 Å². The van der Waals surface area contributed by atoms with Crippen LogP contribution < -0.4 is 4.90 Å². The van der Waals surface area contributed by atoms with E-state index >= 15 is 0 Å². The summed E-state index contributed by atoms with van der Waals surface area (Å²) in [6, 6.07) is 8.56. The Balaban J connectivity index is 2.36. The molecule has 0 fully saturated rings. The molecule has 1 heterocycles. The second kappa shape index (κ2) is 4.03. The summed E-state index contributed by atoms with van der Waals surface area (Å²) < 4.78 is 0. The van der Waals surface area contributed by atoms with Crippen molar-refractivity contribution in [2.24, 2.45) is 0 Å². The smallest absolute Gasteiger partial charge is 0.0801 e. The Morgan fingerprint density at radius 3 is 2.27 bits per heavy atom. The molecule has 0 N–H and O–H groups in total. The molecule has 3 heteroatoms. The Morgan fingerprint density at radius 2 is 1.80 bits per heavy atom. The zero-order chi connectivity index (χ0) is 10.8. The number of rotatable bonds is 2.